The van der Waals surface area contributed by atoms with Crippen LogP contribution in [0.15, 0.2) is 42.5 Å². The molecule has 0 heterocycles. The third kappa shape index (κ3) is 4.45. The van der Waals surface area contributed by atoms with Crippen LogP contribution < -0.4 is 10.6 Å². The number of Topliss-reactive ketones (excluding diaryl/α,β-unsaturated/α-hetero) is 1. The van der Waals surface area contributed by atoms with Crippen molar-refractivity contribution in [3.8, 4) is 0 Å². The molecule has 0 aromatic heterocycles. The molecule has 0 unspecified atom stereocenters. The molecule has 0 bridgehead atoms. The lowest BCUT2D eigenvalue weighted by molar-refractivity contribution is -0.115. The van der Waals surface area contributed by atoms with Crippen LogP contribution in [0.25, 0.3) is 0 Å². The zero-order valence-corrected chi connectivity index (χ0v) is 12.7. The predicted molar refractivity (Wildman–Crippen MR) is 83.8 cm³/mol. The van der Waals surface area contributed by atoms with Crippen LogP contribution in [0.1, 0.15) is 27.6 Å². The van der Waals surface area contributed by atoms with Crippen LogP contribution in [0, 0.1) is 11.6 Å². The lowest BCUT2D eigenvalue weighted by Gasteiger charge is -2.08. The largest absolute Gasteiger partial charge is 0.343 e. The van der Waals surface area contributed by atoms with Gasteiger partial charge in [-0.2, -0.15) is 0 Å². The van der Waals surface area contributed by atoms with Crippen LogP contribution in [0.4, 0.5) is 14.5 Å². The van der Waals surface area contributed by atoms with Gasteiger partial charge in [-0.15, -0.1) is 0 Å². The van der Waals surface area contributed by atoms with Crippen molar-refractivity contribution >= 4 is 23.3 Å². The Morgan fingerprint density at radius 2 is 1.67 bits per heavy atom. The summed E-state index contributed by atoms with van der Waals surface area (Å²) in [5.41, 5.74) is 0.607. The van der Waals surface area contributed by atoms with E-state index in [1.165, 1.54) is 6.92 Å². The topological polar surface area (TPSA) is 75.3 Å². The van der Waals surface area contributed by atoms with E-state index in [1.807, 2.05) is 0 Å². The number of carbonyl (C=O) groups excluding carboxylic acids is 3. The minimum absolute atomic E-state index is 0.0959. The second kappa shape index (κ2) is 7.45. The zero-order valence-electron chi connectivity index (χ0n) is 12.7. The molecule has 24 heavy (non-hydrogen) atoms. The highest BCUT2D eigenvalue weighted by molar-refractivity contribution is 6.00. The van der Waals surface area contributed by atoms with Gasteiger partial charge in [0.1, 0.15) is 11.6 Å². The second-order valence-corrected chi connectivity index (χ2v) is 4.99. The minimum atomic E-state index is -1.01. The molecular formula is C17H14F2N2O3. The molecule has 2 rings (SSSR count). The third-order valence-electron chi connectivity index (χ3n) is 3.16. The molecule has 124 valence electrons. The fourth-order valence-corrected chi connectivity index (χ4v) is 1.92. The number of ketones is 1. The smallest absolute Gasteiger partial charge is 0.254 e. The summed E-state index contributed by atoms with van der Waals surface area (Å²) in [5, 5.41) is 4.76. The van der Waals surface area contributed by atoms with E-state index in [2.05, 4.69) is 10.6 Å². The first-order valence-corrected chi connectivity index (χ1v) is 7.01. The summed E-state index contributed by atoms with van der Waals surface area (Å²) in [6.07, 6.45) is 0. The lowest BCUT2D eigenvalue weighted by Crippen LogP contribution is -2.33. The predicted octanol–water partition coefficient (Wildman–Crippen LogP) is 2.54. The van der Waals surface area contributed by atoms with Crippen LogP contribution in [-0.4, -0.2) is 24.1 Å². The zero-order chi connectivity index (χ0) is 17.7. The molecule has 0 radical (unpaired) electrons. The van der Waals surface area contributed by atoms with Gasteiger partial charge in [0.2, 0.25) is 5.91 Å². The summed E-state index contributed by atoms with van der Waals surface area (Å²) in [4.78, 5) is 34.7. The van der Waals surface area contributed by atoms with E-state index in [4.69, 9.17) is 0 Å². The highest BCUT2D eigenvalue weighted by Gasteiger charge is 2.13. The number of rotatable bonds is 5. The van der Waals surface area contributed by atoms with Crippen LogP contribution >= 0.6 is 0 Å². The first kappa shape index (κ1) is 17.3. The van der Waals surface area contributed by atoms with Crippen molar-refractivity contribution in [2.24, 2.45) is 0 Å². The Bertz CT molecular complexity index is 789. The maximum absolute atomic E-state index is 13.4. The standard InChI is InChI=1S/C17H14F2N2O3/c1-10(22)11-2-5-13(6-3-11)21-16(23)9-20-17(24)14-7-4-12(18)8-15(14)19/h2-8H,9H2,1H3,(H,20,24)(H,21,23). The summed E-state index contributed by atoms with van der Waals surface area (Å²) < 4.78 is 26.2. The lowest BCUT2D eigenvalue weighted by atomic mass is 10.1. The van der Waals surface area contributed by atoms with E-state index in [1.54, 1.807) is 24.3 Å². The van der Waals surface area contributed by atoms with Gasteiger partial charge in [0.25, 0.3) is 5.91 Å². The Morgan fingerprint density at radius 1 is 1.00 bits per heavy atom. The van der Waals surface area contributed by atoms with Gasteiger partial charge in [-0.25, -0.2) is 8.78 Å². The maximum atomic E-state index is 13.4. The van der Waals surface area contributed by atoms with Crippen LogP contribution in [-0.2, 0) is 4.79 Å². The summed E-state index contributed by atoms with van der Waals surface area (Å²) in [7, 11) is 0. The van der Waals surface area contributed by atoms with Crippen molar-refractivity contribution in [2.75, 3.05) is 11.9 Å². The second-order valence-electron chi connectivity index (χ2n) is 4.99. The molecular weight excluding hydrogens is 318 g/mol. The number of hydrogen-bond donors (Lipinski definition) is 2. The van der Waals surface area contributed by atoms with Gasteiger partial charge < -0.3 is 10.6 Å². The molecule has 7 heteroatoms. The van der Waals surface area contributed by atoms with Gasteiger partial charge in [0.05, 0.1) is 12.1 Å². The molecule has 2 aromatic carbocycles. The Balaban J connectivity index is 1.90. The summed E-state index contributed by atoms with van der Waals surface area (Å²) in [6, 6.07) is 8.76. The van der Waals surface area contributed by atoms with Gasteiger partial charge >= 0.3 is 0 Å². The van der Waals surface area contributed by atoms with Gasteiger partial charge in [-0.3, -0.25) is 14.4 Å². The van der Waals surface area contributed by atoms with E-state index in [-0.39, 0.29) is 17.9 Å². The van der Waals surface area contributed by atoms with Gasteiger partial charge in [-0.05, 0) is 43.3 Å². The van der Waals surface area contributed by atoms with E-state index < -0.39 is 23.4 Å². The fraction of sp³-hybridized carbons (Fsp3) is 0.118. The Hall–Kier alpha value is -3.09. The molecule has 0 saturated heterocycles. The minimum Gasteiger partial charge on any atom is -0.343 e. The number of nitrogens with one attached hydrogen (secondary N) is 2. The van der Waals surface area contributed by atoms with Crippen molar-refractivity contribution in [3.63, 3.8) is 0 Å². The molecule has 0 fully saturated rings. The average Bonchev–Trinajstić information content (AvgIpc) is 2.53. The Morgan fingerprint density at radius 3 is 2.25 bits per heavy atom. The molecule has 2 amide bonds. The average molecular weight is 332 g/mol. The van der Waals surface area contributed by atoms with Crippen molar-refractivity contribution < 1.29 is 23.2 Å². The molecule has 0 atom stereocenters. The molecule has 2 aromatic rings. The van der Waals surface area contributed by atoms with Crippen molar-refractivity contribution in [1.82, 2.24) is 5.32 Å². The number of hydrogen-bond acceptors (Lipinski definition) is 3. The molecule has 0 saturated carbocycles. The third-order valence-corrected chi connectivity index (χ3v) is 3.16. The normalized spacial score (nSPS) is 10.1. The Kier molecular flexibility index (Phi) is 5.36. The molecule has 0 aliphatic carbocycles. The van der Waals surface area contributed by atoms with Crippen LogP contribution in [0.3, 0.4) is 0 Å². The number of carbonyl (C=O) groups is 3. The Labute approximate surface area is 136 Å². The van der Waals surface area contributed by atoms with Crippen molar-refractivity contribution in [3.05, 3.63) is 65.2 Å². The quantitative estimate of drug-likeness (QED) is 0.826. The van der Waals surface area contributed by atoms with E-state index in [9.17, 15) is 23.2 Å². The van der Waals surface area contributed by atoms with Crippen LogP contribution in [0.5, 0.6) is 0 Å². The SMILES string of the molecule is CC(=O)c1ccc(NC(=O)CNC(=O)c2ccc(F)cc2F)cc1. The number of anilines is 1. The van der Waals surface area contributed by atoms with E-state index in [0.29, 0.717) is 17.3 Å². The van der Waals surface area contributed by atoms with Gasteiger partial charge in [-0.1, -0.05) is 0 Å². The summed E-state index contributed by atoms with van der Waals surface area (Å²) in [5.74, 6) is -3.25. The maximum Gasteiger partial charge on any atom is 0.254 e. The fourth-order valence-electron chi connectivity index (χ4n) is 1.92. The first-order valence-electron chi connectivity index (χ1n) is 7.01. The summed E-state index contributed by atoms with van der Waals surface area (Å²) in [6.45, 7) is 1.04. The molecule has 0 aliphatic heterocycles. The molecule has 2 N–H and O–H groups in total. The number of amides is 2. The first-order chi connectivity index (χ1) is 11.4. The van der Waals surface area contributed by atoms with Crippen molar-refractivity contribution in [1.29, 1.82) is 0 Å². The van der Waals surface area contributed by atoms with Crippen LogP contribution in [0.2, 0.25) is 0 Å². The van der Waals surface area contributed by atoms with E-state index in [0.717, 1.165) is 12.1 Å². The molecule has 5 nitrogen and oxygen atoms in total. The highest BCUT2D eigenvalue weighted by atomic mass is 19.1. The van der Waals surface area contributed by atoms with E-state index >= 15 is 0 Å². The number of benzene rings is 2. The molecule has 0 spiro atoms. The monoisotopic (exact) mass is 332 g/mol. The van der Waals surface area contributed by atoms with Crippen molar-refractivity contribution in [2.45, 2.75) is 6.92 Å². The number of halogens is 2. The summed E-state index contributed by atoms with van der Waals surface area (Å²) >= 11 is 0. The van der Waals surface area contributed by atoms with Gasteiger partial charge in [0.15, 0.2) is 5.78 Å². The molecule has 0 aliphatic rings. The van der Waals surface area contributed by atoms with Gasteiger partial charge in [0, 0.05) is 17.3 Å². The highest BCUT2D eigenvalue weighted by Crippen LogP contribution is 2.11.